The summed E-state index contributed by atoms with van der Waals surface area (Å²) >= 11 is 0. The van der Waals surface area contributed by atoms with E-state index in [0.29, 0.717) is 8.58 Å². The van der Waals surface area contributed by atoms with Gasteiger partial charge in [0.2, 0.25) is 6.29 Å². The fourth-order valence-electron chi connectivity index (χ4n) is 1.61. The molecule has 0 aliphatic carbocycles. The van der Waals surface area contributed by atoms with Crippen molar-refractivity contribution in [3.05, 3.63) is 29.1 Å². The smallest absolute Gasteiger partial charge is 0.222 e. The number of rotatable bonds is 2. The van der Waals surface area contributed by atoms with Gasteiger partial charge in [-0.05, 0) is 12.5 Å². The molecule has 0 aromatic carbocycles. The van der Waals surface area contributed by atoms with Gasteiger partial charge < -0.3 is 0 Å². The maximum atomic E-state index is 8.49. The minimum absolute atomic E-state index is 0.556. The first-order valence-corrected chi connectivity index (χ1v) is 10.1. The molecule has 0 spiro atoms. The fraction of sp³-hybridized carbons (Fsp3) is 0.500. The van der Waals surface area contributed by atoms with Crippen LogP contribution >= 0.6 is 8.58 Å². The lowest BCUT2D eigenvalue weighted by atomic mass is 10.2. The third kappa shape index (κ3) is 19.8. The van der Waals surface area contributed by atoms with E-state index in [1.165, 1.54) is 23.2 Å². The van der Waals surface area contributed by atoms with Gasteiger partial charge >= 0.3 is 0 Å². The third-order valence-electron chi connectivity index (χ3n) is 2.09. The number of hydrogen-bond donors (Lipinski definition) is 0. The number of nitrogens with zero attached hydrogens (tertiary/aromatic N) is 1. The zero-order valence-corrected chi connectivity index (χ0v) is 15.1. The third-order valence-corrected chi connectivity index (χ3v) is 2.82. The lowest BCUT2D eigenvalue weighted by Gasteiger charge is -2.17. The van der Waals surface area contributed by atoms with Gasteiger partial charge in [-0.3, -0.25) is 0 Å². The fourth-order valence-corrected chi connectivity index (χ4v) is 2.55. The Morgan fingerprint density at radius 2 is 1.09 bits per heavy atom. The van der Waals surface area contributed by atoms with Crippen LogP contribution in [-0.4, -0.2) is 6.66 Å². The summed E-state index contributed by atoms with van der Waals surface area (Å²) in [7, 11) is -9.33. The van der Waals surface area contributed by atoms with E-state index in [-0.39, 0.29) is 0 Å². The molecule has 1 unspecified atom stereocenters. The summed E-state index contributed by atoms with van der Waals surface area (Å²) in [6.07, 6.45) is 1.22. The molecule has 0 saturated carbocycles. The Bertz CT molecular complexity index is 403. The molecule has 0 saturated heterocycles. The van der Waals surface area contributed by atoms with Crippen LogP contribution < -0.4 is 41.8 Å². The van der Waals surface area contributed by atoms with Crippen molar-refractivity contribution >= 4 is 8.58 Å². The zero-order valence-electron chi connectivity index (χ0n) is 12.4. The highest BCUT2D eigenvalue weighted by Gasteiger charge is 2.11. The molecule has 1 atom stereocenters. The number of hydrogen-bond acceptors (Lipinski definition) is 8. The van der Waals surface area contributed by atoms with Gasteiger partial charge in [-0.25, -0.2) is 37.3 Å². The molecule has 0 aliphatic heterocycles. The van der Waals surface area contributed by atoms with Crippen LogP contribution in [0.1, 0.15) is 17.0 Å². The first-order valence-electron chi connectivity index (χ1n) is 5.64. The van der Waals surface area contributed by atoms with Crippen LogP contribution in [0.3, 0.4) is 0 Å². The van der Waals surface area contributed by atoms with Crippen LogP contribution in [0.2, 0.25) is 0 Å². The number of aromatic nitrogens is 1. The van der Waals surface area contributed by atoms with E-state index >= 15 is 0 Å². The largest absolute Gasteiger partial charge is 0.243 e. The van der Waals surface area contributed by atoms with Crippen molar-refractivity contribution in [2.45, 2.75) is 27.1 Å². The molecular formula is C10H18Cl2NO8P. The van der Waals surface area contributed by atoms with Crippen molar-refractivity contribution in [2.24, 2.45) is 0 Å². The summed E-state index contributed by atoms with van der Waals surface area (Å²) < 4.78 is 70.3. The molecule has 9 nitrogen and oxygen atoms in total. The van der Waals surface area contributed by atoms with E-state index in [0.717, 1.165) is 0 Å². The molecule has 12 heteroatoms. The average molecular weight is 382 g/mol. The van der Waals surface area contributed by atoms with Crippen molar-refractivity contribution in [1.82, 2.24) is 0 Å². The molecule has 0 aliphatic rings. The molecule has 1 heterocycles. The number of aryl methyl sites for hydroxylation is 3. The highest BCUT2D eigenvalue weighted by atomic mass is 35.7. The Labute approximate surface area is 134 Å². The van der Waals surface area contributed by atoms with Crippen LogP contribution in [0.4, 0.5) is 0 Å². The van der Waals surface area contributed by atoms with Crippen molar-refractivity contribution in [1.29, 1.82) is 0 Å². The van der Waals surface area contributed by atoms with Crippen LogP contribution in [0.5, 0.6) is 0 Å². The lowest BCUT2D eigenvalue weighted by molar-refractivity contribution is -2.00. The first-order chi connectivity index (χ1) is 9.65. The van der Waals surface area contributed by atoms with Crippen LogP contribution in [-0.2, 0) is 6.29 Å². The second kappa shape index (κ2) is 10.6. The quantitative estimate of drug-likeness (QED) is 0.356. The van der Waals surface area contributed by atoms with E-state index in [4.69, 9.17) is 37.3 Å². The average Bonchev–Trinajstić information content (AvgIpc) is 2.18. The van der Waals surface area contributed by atoms with Crippen LogP contribution in [0, 0.1) is 41.3 Å². The monoisotopic (exact) mass is 381 g/mol. The predicted molar refractivity (Wildman–Crippen MR) is 56.5 cm³/mol. The second-order valence-corrected chi connectivity index (χ2v) is 6.78. The van der Waals surface area contributed by atoms with Crippen LogP contribution in [0.25, 0.3) is 0 Å². The van der Waals surface area contributed by atoms with Crippen molar-refractivity contribution in [3.63, 3.8) is 0 Å². The summed E-state index contributed by atoms with van der Waals surface area (Å²) in [6.45, 7) is 8.83. The summed E-state index contributed by atoms with van der Waals surface area (Å²) in [4.78, 5) is 0. The topological polar surface area (TPSA) is 188 Å². The van der Waals surface area contributed by atoms with Gasteiger partial charge in [-0.15, -0.1) is 20.5 Å². The lowest BCUT2D eigenvalue weighted by Crippen LogP contribution is -2.68. The molecular weight excluding hydrogens is 364 g/mol. The Morgan fingerprint density at radius 3 is 1.32 bits per heavy atom. The summed E-state index contributed by atoms with van der Waals surface area (Å²) in [5.74, 6) is 0. The molecule has 22 heavy (non-hydrogen) atoms. The van der Waals surface area contributed by atoms with Crippen LogP contribution in [0.15, 0.2) is 12.1 Å². The number of halogens is 2. The molecule has 0 bridgehead atoms. The van der Waals surface area contributed by atoms with Gasteiger partial charge in [0, 0.05) is 26.0 Å². The molecule has 0 radical (unpaired) electrons. The van der Waals surface area contributed by atoms with Crippen molar-refractivity contribution in [2.75, 3.05) is 6.66 Å². The Kier molecular flexibility index (Phi) is 11.6. The second-order valence-electron chi connectivity index (χ2n) is 4.09. The van der Waals surface area contributed by atoms with Crippen molar-refractivity contribution < 1.29 is 62.3 Å². The van der Waals surface area contributed by atoms with E-state index in [9.17, 15) is 0 Å². The molecule has 130 valence electrons. The molecule has 0 fully saturated rings. The van der Waals surface area contributed by atoms with E-state index < -0.39 is 20.5 Å². The minimum Gasteiger partial charge on any atom is -0.222 e. The van der Waals surface area contributed by atoms with E-state index in [1.54, 1.807) is 0 Å². The standard InChI is InChI=1S/C10H17NP.2ClHO4/c1-8-5-9(2)11(7-12-4)10(3)6-8;2*2-1(3,4)5/h5-6,12H,7H2,1-4H3;2*(H,2,3,4,5)/q+1;;/p-1. The van der Waals surface area contributed by atoms with Gasteiger partial charge in [-0.1, -0.05) is 0 Å². The molecule has 1 rings (SSSR count). The van der Waals surface area contributed by atoms with E-state index in [1.807, 2.05) is 0 Å². The molecule has 1 aromatic heterocycles. The number of pyridine rings is 1. The summed E-state index contributed by atoms with van der Waals surface area (Å²) in [5.41, 5.74) is 4.15. The highest BCUT2D eigenvalue weighted by Crippen LogP contribution is 2.06. The minimum atomic E-state index is -4.94. The van der Waals surface area contributed by atoms with Gasteiger partial charge in [0.25, 0.3) is 0 Å². The normalized spacial score (nSPS) is 11.6. The van der Waals surface area contributed by atoms with E-state index in [2.05, 4.69) is 44.1 Å². The zero-order chi connectivity index (χ0) is 18.1. The first kappa shape index (κ1) is 24.1. The Balaban J connectivity index is 0. The maximum Gasteiger partial charge on any atom is 0.243 e. The Hall–Kier alpha value is -0.160. The summed E-state index contributed by atoms with van der Waals surface area (Å²) in [5, 5.41) is 0. The summed E-state index contributed by atoms with van der Waals surface area (Å²) in [6, 6.07) is 4.50. The van der Waals surface area contributed by atoms with Gasteiger partial charge in [0.15, 0.2) is 11.4 Å². The molecule has 1 aromatic rings. The van der Waals surface area contributed by atoms with Crippen molar-refractivity contribution in [3.8, 4) is 0 Å². The Morgan fingerprint density at radius 1 is 0.818 bits per heavy atom. The van der Waals surface area contributed by atoms with Gasteiger partial charge in [0.05, 0.1) is 15.2 Å². The SMILES string of the molecule is C[PH2+]C[n+]1c(C)cc(C)cc1C.[O-][Cl+3]([O-])([O-])[O-].[O-][Cl+3]([O-])([O-])[O-]. The maximum absolute atomic E-state index is 8.49. The van der Waals surface area contributed by atoms with Gasteiger partial charge in [-0.2, -0.15) is 4.57 Å². The van der Waals surface area contributed by atoms with Gasteiger partial charge in [0.1, 0.15) is 0 Å². The molecule has 0 N–H and O–H groups in total. The molecule has 0 amide bonds. The predicted octanol–water partition coefficient (Wildman–Crippen LogP) is -7.61. The highest BCUT2D eigenvalue weighted by molar-refractivity contribution is 7.35.